The molecule has 3 fully saturated rings. The average Bonchev–Trinajstić information content (AvgIpc) is 3.71. The van der Waals surface area contributed by atoms with Gasteiger partial charge in [-0.2, -0.15) is 0 Å². The number of allylic oxidation sites excluding steroid dienone is 7. The molecule has 2 saturated carbocycles. The summed E-state index contributed by atoms with van der Waals surface area (Å²) in [5.74, 6) is 5.18. The zero-order valence-electron chi connectivity index (χ0n) is 26.0. The van der Waals surface area contributed by atoms with Crippen LogP contribution in [0.15, 0.2) is 69.5 Å². The maximum absolute atomic E-state index is 14.0. The number of hydrogen-bond donors (Lipinski definition) is 2. The number of fused-ring (bicyclic) bond motifs is 2. The molecule has 7 bridgehead atoms. The summed E-state index contributed by atoms with van der Waals surface area (Å²) < 4.78 is 12.6. The van der Waals surface area contributed by atoms with Crippen LogP contribution < -0.4 is 10.6 Å². The Balaban J connectivity index is 1.28. The Labute approximate surface area is 269 Å². The van der Waals surface area contributed by atoms with E-state index in [1.807, 2.05) is 21.6 Å². The quantitative estimate of drug-likeness (QED) is 0.238. The van der Waals surface area contributed by atoms with Gasteiger partial charge in [-0.05, 0) is 105 Å². The molecule has 2 N–H and O–H groups in total. The highest BCUT2D eigenvalue weighted by molar-refractivity contribution is 8.76. The molecular weight excluding hydrogens is 589 g/mol. The predicted molar refractivity (Wildman–Crippen MR) is 176 cm³/mol. The monoisotopic (exact) mass is 632 g/mol. The van der Waals surface area contributed by atoms with Gasteiger partial charge in [0.05, 0.1) is 22.7 Å². The Kier molecular flexibility index (Phi) is 7.40. The molecule has 6 nitrogen and oxygen atoms in total. The molecule has 0 aromatic carbocycles. The van der Waals surface area contributed by atoms with Gasteiger partial charge in [-0.15, -0.1) is 0 Å². The number of hydrogen-bond acceptors (Lipinski definition) is 8. The molecule has 4 aliphatic heterocycles. The maximum atomic E-state index is 14.0. The van der Waals surface area contributed by atoms with E-state index >= 15 is 0 Å². The number of ether oxygens (including phenoxy) is 2. The lowest BCUT2D eigenvalue weighted by Crippen LogP contribution is -2.52. The zero-order valence-corrected chi connectivity index (χ0v) is 27.6. The van der Waals surface area contributed by atoms with Crippen LogP contribution in [-0.4, -0.2) is 30.1 Å². The van der Waals surface area contributed by atoms with Crippen molar-refractivity contribution in [2.45, 2.75) is 84.5 Å². The summed E-state index contributed by atoms with van der Waals surface area (Å²) in [7, 11) is 3.73. The van der Waals surface area contributed by atoms with Crippen LogP contribution in [0.2, 0.25) is 0 Å². The van der Waals surface area contributed by atoms with E-state index in [0.717, 1.165) is 97.2 Å². The number of esters is 2. The summed E-state index contributed by atoms with van der Waals surface area (Å²) in [5.41, 5.74) is 4.93. The third-order valence-corrected chi connectivity index (χ3v) is 14.5. The summed E-state index contributed by atoms with van der Waals surface area (Å²) in [6.07, 6.45) is 20.4. The predicted octanol–water partition coefficient (Wildman–Crippen LogP) is 7.60. The molecule has 0 aromatic heterocycles. The first-order valence-electron chi connectivity index (χ1n) is 16.9. The van der Waals surface area contributed by atoms with E-state index in [1.54, 1.807) is 0 Å². The molecule has 8 heteroatoms. The average molecular weight is 633 g/mol. The summed E-state index contributed by atoms with van der Waals surface area (Å²) in [6, 6.07) is 0. The smallest absolute Gasteiger partial charge is 0.340 e. The van der Waals surface area contributed by atoms with E-state index in [0.29, 0.717) is 11.8 Å². The Hall–Kier alpha value is -2.32. The highest BCUT2D eigenvalue weighted by Crippen LogP contribution is 2.71. The van der Waals surface area contributed by atoms with Crippen LogP contribution >= 0.6 is 21.6 Å². The standard InChI is InChI=1S/C36H44N2O4S2/c1-3-35(12-4-5-13-35)18-27-25-8-7-24-23-10-14-36(31(24)30(25)33(39)41-27)28-9-6-21(2)19-43-44-20-38-29-17-22(11-15-37-29)16-26(23)32(36)34(40)42-28/h9,11,17-18,21,23-24,31,37-38H,3-8,10,12-16,19-20H2,1-2H3. The Morgan fingerprint density at radius 1 is 1.05 bits per heavy atom. The topological polar surface area (TPSA) is 76.7 Å². The van der Waals surface area contributed by atoms with E-state index in [1.165, 1.54) is 36.8 Å². The van der Waals surface area contributed by atoms with Gasteiger partial charge in [0.1, 0.15) is 11.5 Å². The molecule has 9 aliphatic rings. The van der Waals surface area contributed by atoms with E-state index in [2.05, 4.69) is 48.8 Å². The maximum Gasteiger partial charge on any atom is 0.340 e. The Morgan fingerprint density at radius 3 is 2.75 bits per heavy atom. The second-order valence-electron chi connectivity index (χ2n) is 14.3. The number of carbonyl (C=O) groups is 2. The number of rotatable bonds is 2. The lowest BCUT2D eigenvalue weighted by molar-refractivity contribution is -0.135. The van der Waals surface area contributed by atoms with Crippen molar-refractivity contribution >= 4 is 33.5 Å². The van der Waals surface area contributed by atoms with Crippen molar-refractivity contribution in [1.29, 1.82) is 0 Å². The molecule has 9 rings (SSSR count). The molecule has 234 valence electrons. The molecule has 44 heavy (non-hydrogen) atoms. The SMILES string of the molecule is CCC1(C=C2OC(=O)C3=C2CCC2C4CCC5(C6=CCC(C)CSSCNC7=CC(=CCN7)CC4=C5C(=O)O6)C32)CCCC1. The normalized spacial score (nSPS) is 37.0. The van der Waals surface area contributed by atoms with Gasteiger partial charge in [0, 0.05) is 29.4 Å². The second kappa shape index (κ2) is 11.2. The summed E-state index contributed by atoms with van der Waals surface area (Å²) in [4.78, 5) is 28.0. The van der Waals surface area contributed by atoms with E-state index in [-0.39, 0.29) is 29.2 Å². The highest BCUT2D eigenvalue weighted by Gasteiger charge is 2.68. The van der Waals surface area contributed by atoms with Crippen molar-refractivity contribution in [3.63, 3.8) is 0 Å². The lowest BCUT2D eigenvalue weighted by Gasteiger charge is -2.56. The molecule has 5 unspecified atom stereocenters. The van der Waals surface area contributed by atoms with Gasteiger partial charge in [0.25, 0.3) is 0 Å². The van der Waals surface area contributed by atoms with E-state index in [9.17, 15) is 9.59 Å². The fraction of sp³-hybridized carbons (Fsp3) is 0.611. The first-order chi connectivity index (χ1) is 21.4. The number of cyclic esters (lactones) is 1. The first kappa shape index (κ1) is 29.1. The van der Waals surface area contributed by atoms with Gasteiger partial charge in [-0.1, -0.05) is 59.9 Å². The second-order valence-corrected chi connectivity index (χ2v) is 16.8. The minimum atomic E-state index is -0.575. The van der Waals surface area contributed by atoms with E-state index < -0.39 is 5.41 Å². The summed E-state index contributed by atoms with van der Waals surface area (Å²) >= 11 is 0. The van der Waals surface area contributed by atoms with Crippen molar-refractivity contribution in [2.24, 2.45) is 34.5 Å². The fourth-order valence-corrected chi connectivity index (χ4v) is 12.1. The van der Waals surface area contributed by atoms with Crippen LogP contribution in [0.4, 0.5) is 0 Å². The first-order valence-corrected chi connectivity index (χ1v) is 19.4. The largest absolute Gasteiger partial charge is 0.427 e. The van der Waals surface area contributed by atoms with Gasteiger partial charge in [0.2, 0.25) is 0 Å². The Morgan fingerprint density at radius 2 is 1.91 bits per heavy atom. The van der Waals surface area contributed by atoms with Gasteiger partial charge in [-0.3, -0.25) is 0 Å². The fourth-order valence-electron chi connectivity index (χ4n) is 9.93. The van der Waals surface area contributed by atoms with Crippen LogP contribution in [0, 0.1) is 34.5 Å². The van der Waals surface area contributed by atoms with Gasteiger partial charge < -0.3 is 20.1 Å². The van der Waals surface area contributed by atoms with Crippen LogP contribution in [0.5, 0.6) is 0 Å². The molecule has 1 spiro atoms. The molecule has 5 aliphatic carbocycles. The number of carbonyl (C=O) groups excluding carboxylic acids is 2. The molecule has 0 aromatic rings. The van der Waals surface area contributed by atoms with Gasteiger partial charge >= 0.3 is 11.9 Å². The lowest BCUT2D eigenvalue weighted by atomic mass is 9.44. The molecule has 0 radical (unpaired) electrons. The molecular formula is C36H44N2O4S2. The van der Waals surface area contributed by atoms with Crippen LogP contribution in [0.1, 0.15) is 84.5 Å². The summed E-state index contributed by atoms with van der Waals surface area (Å²) in [5, 5.41) is 7.03. The molecule has 0 amide bonds. The Bertz CT molecular complexity index is 1480. The van der Waals surface area contributed by atoms with Crippen LogP contribution in [-0.2, 0) is 19.1 Å². The van der Waals surface area contributed by atoms with Gasteiger partial charge in [-0.25, -0.2) is 9.59 Å². The number of nitrogens with one attached hydrogen (secondary N) is 2. The van der Waals surface area contributed by atoms with Crippen LogP contribution in [0.25, 0.3) is 0 Å². The molecule has 4 heterocycles. The zero-order chi connectivity index (χ0) is 30.1. The molecule has 1 saturated heterocycles. The minimum absolute atomic E-state index is 0.0603. The van der Waals surface area contributed by atoms with E-state index in [4.69, 9.17) is 9.47 Å². The van der Waals surface area contributed by atoms with Crippen molar-refractivity contribution in [1.82, 2.24) is 10.6 Å². The third-order valence-electron chi connectivity index (χ3n) is 12.1. The summed E-state index contributed by atoms with van der Waals surface area (Å²) in [6.45, 7) is 5.33. The van der Waals surface area contributed by atoms with Gasteiger partial charge in [0.15, 0.2) is 0 Å². The van der Waals surface area contributed by atoms with Crippen molar-refractivity contribution in [3.05, 3.63) is 69.5 Å². The van der Waals surface area contributed by atoms with Crippen molar-refractivity contribution < 1.29 is 19.1 Å². The highest BCUT2D eigenvalue weighted by atomic mass is 33.1. The van der Waals surface area contributed by atoms with Crippen molar-refractivity contribution in [2.75, 3.05) is 18.2 Å². The van der Waals surface area contributed by atoms with Crippen molar-refractivity contribution in [3.8, 4) is 0 Å². The number of dihydropyridines is 1. The third kappa shape index (κ3) is 4.51. The van der Waals surface area contributed by atoms with Crippen LogP contribution in [0.3, 0.4) is 0 Å². The minimum Gasteiger partial charge on any atom is -0.427 e. The molecule has 5 atom stereocenters.